The number of rotatable bonds is 4. The molecule has 1 aromatic heterocycles. The summed E-state index contributed by atoms with van der Waals surface area (Å²) in [4.78, 5) is 16.6. The molecule has 1 fully saturated rings. The number of aldehydes is 1. The van der Waals surface area contributed by atoms with Crippen molar-refractivity contribution < 1.29 is 9.18 Å². The van der Waals surface area contributed by atoms with E-state index in [0.717, 1.165) is 36.9 Å². The van der Waals surface area contributed by atoms with Gasteiger partial charge in [-0.3, -0.25) is 9.88 Å². The number of nitrogens with one attached hydrogen (secondary N) is 1. The quantitative estimate of drug-likeness (QED) is 0.866. The van der Waals surface area contributed by atoms with E-state index < -0.39 is 0 Å². The first-order valence-corrected chi connectivity index (χ1v) is 6.73. The van der Waals surface area contributed by atoms with Crippen molar-refractivity contribution in [2.75, 3.05) is 25.0 Å². The summed E-state index contributed by atoms with van der Waals surface area (Å²) in [6, 6.07) is 7.30. The largest absolute Gasteiger partial charge is 0.381 e. The second kappa shape index (κ2) is 5.54. The van der Waals surface area contributed by atoms with Gasteiger partial charge in [-0.15, -0.1) is 0 Å². The van der Waals surface area contributed by atoms with E-state index in [2.05, 4.69) is 15.2 Å². The molecule has 1 aliphatic heterocycles. The average Bonchev–Trinajstić information content (AvgIpc) is 2.87. The highest BCUT2D eigenvalue weighted by atomic mass is 19.1. The number of carbonyl (C=O) groups excluding carboxylic acids is 1. The summed E-state index contributed by atoms with van der Waals surface area (Å²) in [5.41, 5.74) is 1.16. The minimum absolute atomic E-state index is 0.253. The summed E-state index contributed by atoms with van der Waals surface area (Å²) in [5, 5.41) is 4.13. The van der Waals surface area contributed by atoms with E-state index in [4.69, 9.17) is 0 Å². The van der Waals surface area contributed by atoms with Gasteiger partial charge in [0.15, 0.2) is 5.82 Å². The Morgan fingerprint density at radius 1 is 1.50 bits per heavy atom. The Hall–Kier alpha value is -2.01. The molecule has 3 rings (SSSR count). The Bertz CT molecular complexity index is 632. The van der Waals surface area contributed by atoms with Crippen molar-refractivity contribution in [3.8, 4) is 0 Å². The fourth-order valence-corrected chi connectivity index (χ4v) is 2.69. The molecule has 0 spiro atoms. The maximum atomic E-state index is 14.0. The van der Waals surface area contributed by atoms with Gasteiger partial charge in [-0.05, 0) is 24.6 Å². The lowest BCUT2D eigenvalue weighted by atomic mass is 10.1. The topological polar surface area (TPSA) is 45.2 Å². The average molecular weight is 273 g/mol. The third kappa shape index (κ3) is 2.63. The van der Waals surface area contributed by atoms with Crippen molar-refractivity contribution in [2.45, 2.75) is 12.5 Å². The standard InChI is InChI=1S/C15H16FN3O/c16-14-9-13(8-11-2-1-4-17-15(11)14)18-12-3-5-19(10-12)6-7-20/h1-2,4,7-9,12,18H,3,5-6,10H2/t12-/m1/s1. The molecule has 0 amide bonds. The van der Waals surface area contributed by atoms with Gasteiger partial charge in [-0.1, -0.05) is 6.07 Å². The van der Waals surface area contributed by atoms with Crippen LogP contribution in [0.3, 0.4) is 0 Å². The van der Waals surface area contributed by atoms with Crippen LogP contribution in [0, 0.1) is 5.82 Å². The van der Waals surface area contributed by atoms with E-state index in [1.165, 1.54) is 6.07 Å². The number of pyridine rings is 1. The molecule has 2 aromatic rings. The highest BCUT2D eigenvalue weighted by Gasteiger charge is 2.21. The Kier molecular flexibility index (Phi) is 3.60. The van der Waals surface area contributed by atoms with Crippen molar-refractivity contribution in [1.82, 2.24) is 9.88 Å². The van der Waals surface area contributed by atoms with E-state index in [1.807, 2.05) is 12.1 Å². The van der Waals surface area contributed by atoms with Crippen LogP contribution in [0.15, 0.2) is 30.5 Å². The molecule has 0 aliphatic carbocycles. The van der Waals surface area contributed by atoms with Gasteiger partial charge in [-0.2, -0.15) is 0 Å². The number of hydrogen-bond acceptors (Lipinski definition) is 4. The molecule has 1 atom stereocenters. The molecule has 5 heteroatoms. The van der Waals surface area contributed by atoms with Crippen LogP contribution in [-0.2, 0) is 4.79 Å². The zero-order valence-electron chi connectivity index (χ0n) is 11.1. The normalized spacial score (nSPS) is 19.4. The Balaban J connectivity index is 1.76. The smallest absolute Gasteiger partial charge is 0.151 e. The zero-order valence-corrected chi connectivity index (χ0v) is 11.1. The molecular formula is C15H16FN3O. The van der Waals surface area contributed by atoms with Crippen LogP contribution in [0.5, 0.6) is 0 Å². The van der Waals surface area contributed by atoms with E-state index in [1.54, 1.807) is 12.3 Å². The molecule has 104 valence electrons. The minimum atomic E-state index is -0.312. The minimum Gasteiger partial charge on any atom is -0.381 e. The van der Waals surface area contributed by atoms with Crippen LogP contribution in [0.25, 0.3) is 10.9 Å². The van der Waals surface area contributed by atoms with E-state index in [0.29, 0.717) is 12.1 Å². The van der Waals surface area contributed by atoms with Crippen LogP contribution >= 0.6 is 0 Å². The number of carbonyl (C=O) groups is 1. The molecule has 1 N–H and O–H groups in total. The summed E-state index contributed by atoms with van der Waals surface area (Å²) in [5.74, 6) is -0.312. The molecular weight excluding hydrogens is 257 g/mol. The molecule has 0 saturated carbocycles. The molecule has 0 radical (unpaired) electrons. The van der Waals surface area contributed by atoms with Crippen LogP contribution in [0.2, 0.25) is 0 Å². The number of anilines is 1. The highest BCUT2D eigenvalue weighted by molar-refractivity contribution is 5.82. The summed E-state index contributed by atoms with van der Waals surface area (Å²) in [7, 11) is 0. The van der Waals surface area contributed by atoms with Gasteiger partial charge < -0.3 is 10.1 Å². The Labute approximate surface area is 116 Å². The van der Waals surface area contributed by atoms with Gasteiger partial charge in [0.1, 0.15) is 11.8 Å². The van der Waals surface area contributed by atoms with Gasteiger partial charge in [0, 0.05) is 36.4 Å². The van der Waals surface area contributed by atoms with Crippen molar-refractivity contribution >= 4 is 22.9 Å². The third-order valence-corrected chi connectivity index (χ3v) is 3.63. The number of fused-ring (bicyclic) bond motifs is 1. The van der Waals surface area contributed by atoms with Crippen LogP contribution in [0.1, 0.15) is 6.42 Å². The van der Waals surface area contributed by atoms with Gasteiger partial charge in [0.05, 0.1) is 6.54 Å². The summed E-state index contributed by atoms with van der Waals surface area (Å²) < 4.78 is 14.0. The maximum Gasteiger partial charge on any atom is 0.151 e. The SMILES string of the molecule is O=CCN1CC[C@@H](Nc2cc(F)c3ncccc3c2)C1. The van der Waals surface area contributed by atoms with Crippen molar-refractivity contribution in [2.24, 2.45) is 0 Å². The lowest BCUT2D eigenvalue weighted by Crippen LogP contribution is -2.27. The molecule has 2 heterocycles. The molecule has 20 heavy (non-hydrogen) atoms. The van der Waals surface area contributed by atoms with Gasteiger partial charge in [0.2, 0.25) is 0 Å². The third-order valence-electron chi connectivity index (χ3n) is 3.63. The molecule has 1 aromatic carbocycles. The first-order valence-electron chi connectivity index (χ1n) is 6.73. The van der Waals surface area contributed by atoms with E-state index >= 15 is 0 Å². The molecule has 0 bridgehead atoms. The predicted octanol–water partition coefficient (Wildman–Crippen LogP) is 2.06. The number of nitrogens with zero attached hydrogens (tertiary/aromatic N) is 2. The second-order valence-electron chi connectivity index (χ2n) is 5.09. The van der Waals surface area contributed by atoms with Gasteiger partial charge >= 0.3 is 0 Å². The summed E-state index contributed by atoms with van der Waals surface area (Å²) in [6.07, 6.45) is 3.47. The van der Waals surface area contributed by atoms with Crippen LogP contribution in [-0.4, -0.2) is 41.8 Å². The van der Waals surface area contributed by atoms with Crippen LogP contribution in [0.4, 0.5) is 10.1 Å². The Morgan fingerprint density at radius 3 is 3.25 bits per heavy atom. The van der Waals surface area contributed by atoms with Crippen molar-refractivity contribution in [3.05, 3.63) is 36.3 Å². The molecule has 0 unspecified atom stereocenters. The molecule has 4 nitrogen and oxygen atoms in total. The lowest BCUT2D eigenvalue weighted by molar-refractivity contribution is -0.108. The number of halogens is 1. The summed E-state index contributed by atoms with van der Waals surface area (Å²) >= 11 is 0. The van der Waals surface area contributed by atoms with Crippen molar-refractivity contribution in [3.63, 3.8) is 0 Å². The monoisotopic (exact) mass is 273 g/mol. The highest BCUT2D eigenvalue weighted by Crippen LogP contribution is 2.23. The Morgan fingerprint density at radius 2 is 2.40 bits per heavy atom. The summed E-state index contributed by atoms with van der Waals surface area (Å²) in [6.45, 7) is 2.17. The maximum absolute atomic E-state index is 14.0. The number of aromatic nitrogens is 1. The predicted molar refractivity (Wildman–Crippen MR) is 76.2 cm³/mol. The van der Waals surface area contributed by atoms with Gasteiger partial charge in [0.25, 0.3) is 0 Å². The van der Waals surface area contributed by atoms with E-state index in [9.17, 15) is 9.18 Å². The first kappa shape index (κ1) is 13.0. The number of hydrogen-bond donors (Lipinski definition) is 1. The molecule has 1 saturated heterocycles. The number of likely N-dealkylation sites (tertiary alicyclic amines) is 1. The first-order chi connectivity index (χ1) is 9.76. The fourth-order valence-electron chi connectivity index (χ4n) is 2.69. The van der Waals surface area contributed by atoms with Crippen LogP contribution < -0.4 is 5.32 Å². The lowest BCUT2D eigenvalue weighted by Gasteiger charge is -2.16. The zero-order chi connectivity index (χ0) is 13.9. The van der Waals surface area contributed by atoms with Crippen molar-refractivity contribution in [1.29, 1.82) is 0 Å². The number of benzene rings is 1. The van der Waals surface area contributed by atoms with Gasteiger partial charge in [-0.25, -0.2) is 4.39 Å². The fraction of sp³-hybridized carbons (Fsp3) is 0.333. The second-order valence-corrected chi connectivity index (χ2v) is 5.09. The van der Waals surface area contributed by atoms with E-state index in [-0.39, 0.29) is 11.9 Å². The molecule has 1 aliphatic rings.